The minimum absolute atomic E-state index is 0.117. The number of fused-ring (bicyclic) bond motifs is 1. The molecule has 1 aromatic carbocycles. The fourth-order valence-electron chi connectivity index (χ4n) is 2.77. The second-order valence-electron chi connectivity index (χ2n) is 4.90. The van der Waals surface area contributed by atoms with E-state index in [-0.39, 0.29) is 12.5 Å². The normalized spacial score (nSPS) is 25.4. The lowest BCUT2D eigenvalue weighted by Gasteiger charge is -2.20. The Morgan fingerprint density at radius 3 is 2.79 bits per heavy atom. The maximum absolute atomic E-state index is 12.4. The fourth-order valence-corrected chi connectivity index (χ4v) is 2.77. The van der Waals surface area contributed by atoms with E-state index in [1.54, 1.807) is 23.1 Å². The zero-order chi connectivity index (χ0) is 13.4. The molecule has 3 rings (SSSR count). The fraction of sp³-hybridized carbons (Fsp3) is 0.429. The van der Waals surface area contributed by atoms with E-state index in [0.717, 1.165) is 12.8 Å². The predicted octanol–water partition coefficient (Wildman–Crippen LogP) is 1.38. The molecule has 0 radical (unpaired) electrons. The number of aliphatic carboxylic acids is 1. The van der Waals surface area contributed by atoms with Crippen LogP contribution in [0.1, 0.15) is 24.3 Å². The van der Waals surface area contributed by atoms with Crippen molar-refractivity contribution in [3.63, 3.8) is 0 Å². The number of benzene rings is 1. The molecule has 1 saturated heterocycles. The molecule has 0 aromatic heterocycles. The predicted molar refractivity (Wildman–Crippen MR) is 68.1 cm³/mol. The number of carbonyl (C=O) groups excluding carboxylic acids is 1. The van der Waals surface area contributed by atoms with Crippen LogP contribution in [0.2, 0.25) is 0 Å². The summed E-state index contributed by atoms with van der Waals surface area (Å²) in [4.78, 5) is 25.2. The van der Waals surface area contributed by atoms with Crippen molar-refractivity contribution in [3.05, 3.63) is 29.8 Å². The van der Waals surface area contributed by atoms with E-state index >= 15 is 0 Å². The summed E-state index contributed by atoms with van der Waals surface area (Å²) >= 11 is 0. The van der Waals surface area contributed by atoms with Gasteiger partial charge in [0.1, 0.15) is 12.0 Å². The second-order valence-corrected chi connectivity index (χ2v) is 4.90. The molecule has 5 nitrogen and oxygen atoms in total. The number of carboxylic acid groups (broad SMARTS) is 1. The lowest BCUT2D eigenvalue weighted by atomic mass is 10.0. The van der Waals surface area contributed by atoms with Crippen molar-refractivity contribution in [1.82, 2.24) is 0 Å². The summed E-state index contributed by atoms with van der Waals surface area (Å²) in [7, 11) is 0. The SMILES string of the molecule is O=C(O)[C@H]1CN(C(=O)[C@@H]2CCCO2)c2ccccc21. The van der Waals surface area contributed by atoms with Gasteiger partial charge < -0.3 is 14.7 Å². The molecule has 2 atom stereocenters. The van der Waals surface area contributed by atoms with Gasteiger partial charge in [-0.05, 0) is 24.5 Å². The maximum atomic E-state index is 12.4. The van der Waals surface area contributed by atoms with E-state index in [4.69, 9.17) is 4.74 Å². The number of ether oxygens (including phenoxy) is 1. The average molecular weight is 261 g/mol. The van der Waals surface area contributed by atoms with Gasteiger partial charge in [-0.2, -0.15) is 0 Å². The van der Waals surface area contributed by atoms with Crippen molar-refractivity contribution in [2.24, 2.45) is 0 Å². The third-order valence-corrected chi connectivity index (χ3v) is 3.74. The Bertz CT molecular complexity index is 522. The first-order valence-corrected chi connectivity index (χ1v) is 6.43. The summed E-state index contributed by atoms with van der Waals surface area (Å²) in [5.41, 5.74) is 1.41. The lowest BCUT2D eigenvalue weighted by Crippen LogP contribution is -2.38. The van der Waals surface area contributed by atoms with Crippen molar-refractivity contribution in [2.45, 2.75) is 24.9 Å². The molecule has 1 fully saturated rings. The minimum Gasteiger partial charge on any atom is -0.481 e. The number of carbonyl (C=O) groups is 2. The molecule has 0 bridgehead atoms. The van der Waals surface area contributed by atoms with Crippen LogP contribution in [0, 0.1) is 0 Å². The Kier molecular flexibility index (Phi) is 2.98. The molecule has 0 saturated carbocycles. The number of hydrogen-bond acceptors (Lipinski definition) is 3. The van der Waals surface area contributed by atoms with Gasteiger partial charge in [0.15, 0.2) is 0 Å². The smallest absolute Gasteiger partial charge is 0.312 e. The molecule has 1 N–H and O–H groups in total. The van der Waals surface area contributed by atoms with Gasteiger partial charge in [0.05, 0.1) is 0 Å². The molecule has 2 aliphatic heterocycles. The van der Waals surface area contributed by atoms with Gasteiger partial charge in [-0.25, -0.2) is 0 Å². The van der Waals surface area contributed by atoms with E-state index in [2.05, 4.69) is 0 Å². The third-order valence-electron chi connectivity index (χ3n) is 3.74. The van der Waals surface area contributed by atoms with Crippen LogP contribution in [0.4, 0.5) is 5.69 Å². The van der Waals surface area contributed by atoms with E-state index in [9.17, 15) is 14.7 Å². The van der Waals surface area contributed by atoms with Crippen LogP contribution in [0.5, 0.6) is 0 Å². The third kappa shape index (κ3) is 2.00. The van der Waals surface area contributed by atoms with Gasteiger partial charge in [0.25, 0.3) is 5.91 Å². The average Bonchev–Trinajstić information content (AvgIpc) is 3.05. The summed E-state index contributed by atoms with van der Waals surface area (Å²) < 4.78 is 5.40. The molecular formula is C14H15NO4. The van der Waals surface area contributed by atoms with E-state index in [0.29, 0.717) is 17.9 Å². The van der Waals surface area contributed by atoms with Gasteiger partial charge >= 0.3 is 5.97 Å². The maximum Gasteiger partial charge on any atom is 0.312 e. The first-order chi connectivity index (χ1) is 9.18. The van der Waals surface area contributed by atoms with Gasteiger partial charge in [0.2, 0.25) is 0 Å². The standard InChI is InChI=1S/C14H15NO4/c16-13(12-6-3-7-19-12)15-8-10(14(17)18)9-4-1-2-5-11(9)15/h1-2,4-5,10,12H,3,6-8H2,(H,17,18)/t10-,12-/m0/s1. The van der Waals surface area contributed by atoms with Crippen LogP contribution in [0.25, 0.3) is 0 Å². The summed E-state index contributed by atoms with van der Waals surface area (Å²) in [5, 5.41) is 9.26. The highest BCUT2D eigenvalue weighted by molar-refractivity contribution is 6.01. The lowest BCUT2D eigenvalue weighted by molar-refractivity contribution is -0.138. The molecule has 1 amide bonds. The summed E-state index contributed by atoms with van der Waals surface area (Å²) in [6.07, 6.45) is 1.18. The van der Waals surface area contributed by atoms with Gasteiger partial charge in [-0.15, -0.1) is 0 Å². The van der Waals surface area contributed by atoms with Crippen molar-refractivity contribution in [1.29, 1.82) is 0 Å². The van der Waals surface area contributed by atoms with Crippen molar-refractivity contribution < 1.29 is 19.4 Å². The Morgan fingerprint density at radius 2 is 2.11 bits per heavy atom. The topological polar surface area (TPSA) is 66.8 Å². The van der Waals surface area contributed by atoms with E-state index < -0.39 is 18.0 Å². The molecule has 0 unspecified atom stereocenters. The monoisotopic (exact) mass is 261 g/mol. The highest BCUT2D eigenvalue weighted by atomic mass is 16.5. The number of para-hydroxylation sites is 1. The summed E-state index contributed by atoms with van der Waals surface area (Å²) in [5.74, 6) is -1.65. The molecule has 1 aromatic rings. The summed E-state index contributed by atoms with van der Waals surface area (Å²) in [6, 6.07) is 7.19. The first kappa shape index (κ1) is 12.2. The van der Waals surface area contributed by atoms with Crippen LogP contribution in [-0.4, -0.2) is 36.2 Å². The van der Waals surface area contributed by atoms with Crippen LogP contribution >= 0.6 is 0 Å². The van der Waals surface area contributed by atoms with Crippen LogP contribution in [0.15, 0.2) is 24.3 Å². The number of anilines is 1. The molecule has 2 heterocycles. The Hall–Kier alpha value is -1.88. The molecule has 19 heavy (non-hydrogen) atoms. The number of rotatable bonds is 2. The highest BCUT2D eigenvalue weighted by Crippen LogP contribution is 2.37. The Morgan fingerprint density at radius 1 is 1.32 bits per heavy atom. The van der Waals surface area contributed by atoms with Crippen LogP contribution < -0.4 is 4.90 Å². The molecule has 0 aliphatic carbocycles. The number of hydrogen-bond donors (Lipinski definition) is 1. The van der Waals surface area contributed by atoms with E-state index in [1.807, 2.05) is 6.07 Å². The van der Waals surface area contributed by atoms with Crippen molar-refractivity contribution in [3.8, 4) is 0 Å². The molecule has 100 valence electrons. The quantitative estimate of drug-likeness (QED) is 0.873. The van der Waals surface area contributed by atoms with Crippen LogP contribution in [0.3, 0.4) is 0 Å². The molecular weight excluding hydrogens is 246 g/mol. The molecule has 5 heteroatoms. The minimum atomic E-state index is -0.893. The first-order valence-electron chi connectivity index (χ1n) is 6.43. The zero-order valence-electron chi connectivity index (χ0n) is 10.4. The van der Waals surface area contributed by atoms with Crippen molar-refractivity contribution >= 4 is 17.6 Å². The highest BCUT2D eigenvalue weighted by Gasteiger charge is 2.39. The summed E-state index contributed by atoms with van der Waals surface area (Å²) in [6.45, 7) is 0.807. The van der Waals surface area contributed by atoms with Crippen LogP contribution in [-0.2, 0) is 14.3 Å². The Labute approximate surface area is 110 Å². The second kappa shape index (κ2) is 4.66. The van der Waals surface area contributed by atoms with Gasteiger partial charge in [-0.1, -0.05) is 18.2 Å². The number of carboxylic acids is 1. The molecule has 0 spiro atoms. The number of nitrogens with zero attached hydrogens (tertiary/aromatic N) is 1. The van der Waals surface area contributed by atoms with Crippen molar-refractivity contribution in [2.75, 3.05) is 18.1 Å². The van der Waals surface area contributed by atoms with E-state index in [1.165, 1.54) is 0 Å². The number of amides is 1. The van der Waals surface area contributed by atoms with Gasteiger partial charge in [-0.3, -0.25) is 9.59 Å². The zero-order valence-corrected chi connectivity index (χ0v) is 10.4. The molecule has 2 aliphatic rings. The van der Waals surface area contributed by atoms with Gasteiger partial charge in [0, 0.05) is 18.8 Å². The Balaban J connectivity index is 1.91. The largest absolute Gasteiger partial charge is 0.481 e.